The van der Waals surface area contributed by atoms with Gasteiger partial charge in [0, 0.05) is 18.0 Å². The highest BCUT2D eigenvalue weighted by Gasteiger charge is 2.36. The Hall–Kier alpha value is -1.26. The molecule has 1 unspecified atom stereocenters. The van der Waals surface area contributed by atoms with E-state index in [2.05, 4.69) is 11.9 Å². The number of methoxy groups -OCH3 is 2. The smallest absolute Gasteiger partial charge is 0.122 e. The molecule has 4 heteroatoms. The van der Waals surface area contributed by atoms with Crippen molar-refractivity contribution in [3.8, 4) is 11.5 Å². The van der Waals surface area contributed by atoms with Gasteiger partial charge < -0.3 is 19.5 Å². The molecule has 2 rings (SSSR count). The number of ether oxygens (including phenoxy) is 2. The molecular formula is C15H23NO3. The second kappa shape index (κ2) is 5.80. The van der Waals surface area contributed by atoms with Crippen molar-refractivity contribution in [2.24, 2.45) is 5.41 Å². The highest BCUT2D eigenvalue weighted by molar-refractivity contribution is 5.39. The summed E-state index contributed by atoms with van der Waals surface area (Å²) in [6, 6.07) is 5.92. The molecule has 0 spiro atoms. The zero-order valence-corrected chi connectivity index (χ0v) is 12.0. The number of likely N-dealkylation sites (tertiary alicyclic amines) is 1. The number of benzene rings is 1. The molecule has 1 saturated heterocycles. The molecule has 0 aromatic heterocycles. The number of aliphatic hydroxyl groups is 1. The van der Waals surface area contributed by atoms with Crippen LogP contribution in [0.15, 0.2) is 18.2 Å². The van der Waals surface area contributed by atoms with Crippen LogP contribution in [0.2, 0.25) is 0 Å². The molecule has 0 saturated carbocycles. The van der Waals surface area contributed by atoms with Crippen LogP contribution in [0.4, 0.5) is 0 Å². The average molecular weight is 265 g/mol. The van der Waals surface area contributed by atoms with Gasteiger partial charge in [0.25, 0.3) is 0 Å². The topological polar surface area (TPSA) is 41.9 Å². The van der Waals surface area contributed by atoms with Crippen LogP contribution in [0.5, 0.6) is 11.5 Å². The normalized spacial score (nSPS) is 23.6. The third-order valence-electron chi connectivity index (χ3n) is 3.95. The Labute approximate surface area is 114 Å². The lowest BCUT2D eigenvalue weighted by Gasteiger charge is -2.27. The van der Waals surface area contributed by atoms with E-state index in [0.717, 1.165) is 43.0 Å². The standard InChI is InChI=1S/C15H23NO3/c1-16-5-4-15(10-16,11-17)9-12-6-13(18-2)8-14(7-12)19-3/h6-8,17H,4-5,9-11H2,1-3H3. The molecule has 0 amide bonds. The SMILES string of the molecule is COc1cc(CC2(CO)CCN(C)C2)cc(OC)c1. The van der Waals surface area contributed by atoms with Gasteiger partial charge in [0.1, 0.15) is 11.5 Å². The Morgan fingerprint density at radius 1 is 1.21 bits per heavy atom. The molecule has 1 atom stereocenters. The van der Waals surface area contributed by atoms with E-state index in [1.165, 1.54) is 0 Å². The van der Waals surface area contributed by atoms with E-state index in [1.54, 1.807) is 14.2 Å². The molecule has 0 aliphatic carbocycles. The van der Waals surface area contributed by atoms with Crippen molar-refractivity contribution < 1.29 is 14.6 Å². The van der Waals surface area contributed by atoms with Crippen molar-refractivity contribution in [3.63, 3.8) is 0 Å². The molecule has 1 heterocycles. The Balaban J connectivity index is 2.22. The van der Waals surface area contributed by atoms with Crippen LogP contribution in [-0.2, 0) is 6.42 Å². The lowest BCUT2D eigenvalue weighted by Crippen LogP contribution is -2.31. The fraction of sp³-hybridized carbons (Fsp3) is 0.600. The third-order valence-corrected chi connectivity index (χ3v) is 3.95. The van der Waals surface area contributed by atoms with Gasteiger partial charge in [-0.3, -0.25) is 0 Å². The van der Waals surface area contributed by atoms with Gasteiger partial charge >= 0.3 is 0 Å². The minimum atomic E-state index is -0.0356. The van der Waals surface area contributed by atoms with E-state index in [9.17, 15) is 5.11 Å². The monoisotopic (exact) mass is 265 g/mol. The van der Waals surface area contributed by atoms with Crippen molar-refractivity contribution in [2.45, 2.75) is 12.8 Å². The van der Waals surface area contributed by atoms with Crippen LogP contribution in [0.3, 0.4) is 0 Å². The Bertz CT molecular complexity index is 413. The maximum absolute atomic E-state index is 9.76. The maximum atomic E-state index is 9.76. The summed E-state index contributed by atoms with van der Waals surface area (Å²) in [4.78, 5) is 2.27. The first-order valence-electron chi connectivity index (χ1n) is 6.62. The summed E-state index contributed by atoms with van der Waals surface area (Å²) < 4.78 is 10.6. The van der Waals surface area contributed by atoms with Crippen molar-refractivity contribution in [3.05, 3.63) is 23.8 Å². The summed E-state index contributed by atoms with van der Waals surface area (Å²) in [5.74, 6) is 1.60. The summed E-state index contributed by atoms with van der Waals surface area (Å²) in [7, 11) is 5.41. The number of aliphatic hydroxyl groups excluding tert-OH is 1. The fourth-order valence-corrected chi connectivity index (χ4v) is 2.89. The Kier molecular flexibility index (Phi) is 4.32. The zero-order chi connectivity index (χ0) is 13.9. The molecule has 1 N–H and O–H groups in total. The zero-order valence-electron chi connectivity index (χ0n) is 12.0. The Morgan fingerprint density at radius 2 is 1.84 bits per heavy atom. The van der Waals surface area contributed by atoms with Crippen molar-refractivity contribution in [2.75, 3.05) is 41.0 Å². The van der Waals surface area contributed by atoms with Gasteiger partial charge in [0.2, 0.25) is 0 Å². The van der Waals surface area contributed by atoms with Gasteiger partial charge in [-0.25, -0.2) is 0 Å². The van der Waals surface area contributed by atoms with E-state index in [-0.39, 0.29) is 12.0 Å². The lowest BCUT2D eigenvalue weighted by molar-refractivity contribution is 0.132. The maximum Gasteiger partial charge on any atom is 0.122 e. The predicted octanol–water partition coefficient (Wildman–Crippen LogP) is 1.56. The summed E-state index contributed by atoms with van der Waals surface area (Å²) in [5, 5.41) is 9.76. The second-order valence-electron chi connectivity index (χ2n) is 5.54. The molecular weight excluding hydrogens is 242 g/mol. The largest absolute Gasteiger partial charge is 0.497 e. The minimum Gasteiger partial charge on any atom is -0.497 e. The van der Waals surface area contributed by atoms with Crippen LogP contribution in [0.25, 0.3) is 0 Å². The molecule has 19 heavy (non-hydrogen) atoms. The summed E-state index contributed by atoms with van der Waals surface area (Å²) in [6.07, 6.45) is 1.88. The van der Waals surface area contributed by atoms with E-state index in [1.807, 2.05) is 18.2 Å². The number of hydrogen-bond acceptors (Lipinski definition) is 4. The molecule has 4 nitrogen and oxygen atoms in total. The first kappa shape index (κ1) is 14.2. The molecule has 1 aliphatic rings. The van der Waals surface area contributed by atoms with Crippen LogP contribution in [-0.4, -0.2) is 51.0 Å². The highest BCUT2D eigenvalue weighted by atomic mass is 16.5. The van der Waals surface area contributed by atoms with Crippen molar-refractivity contribution in [1.29, 1.82) is 0 Å². The number of nitrogens with zero attached hydrogens (tertiary/aromatic N) is 1. The molecule has 1 aromatic carbocycles. The van der Waals surface area contributed by atoms with E-state index in [4.69, 9.17) is 9.47 Å². The van der Waals surface area contributed by atoms with Crippen molar-refractivity contribution >= 4 is 0 Å². The van der Waals surface area contributed by atoms with E-state index >= 15 is 0 Å². The molecule has 0 bridgehead atoms. The quantitative estimate of drug-likeness (QED) is 0.877. The molecule has 0 radical (unpaired) electrons. The Morgan fingerprint density at radius 3 is 2.26 bits per heavy atom. The fourth-order valence-electron chi connectivity index (χ4n) is 2.89. The predicted molar refractivity (Wildman–Crippen MR) is 74.9 cm³/mol. The molecule has 1 fully saturated rings. The molecule has 1 aromatic rings. The number of rotatable bonds is 5. The van der Waals surface area contributed by atoms with Gasteiger partial charge in [-0.1, -0.05) is 0 Å². The first-order chi connectivity index (χ1) is 9.10. The minimum absolute atomic E-state index is 0.0356. The van der Waals surface area contributed by atoms with E-state index in [0.29, 0.717) is 0 Å². The van der Waals surface area contributed by atoms with E-state index < -0.39 is 0 Å². The van der Waals surface area contributed by atoms with Crippen LogP contribution >= 0.6 is 0 Å². The number of hydrogen-bond donors (Lipinski definition) is 1. The lowest BCUT2D eigenvalue weighted by atomic mass is 9.81. The average Bonchev–Trinajstić information content (AvgIpc) is 2.80. The van der Waals surface area contributed by atoms with Gasteiger partial charge in [-0.2, -0.15) is 0 Å². The summed E-state index contributed by atoms with van der Waals surface area (Å²) >= 11 is 0. The van der Waals surface area contributed by atoms with Gasteiger partial charge in [-0.05, 0) is 44.1 Å². The highest BCUT2D eigenvalue weighted by Crippen LogP contribution is 2.35. The van der Waals surface area contributed by atoms with Crippen LogP contribution in [0.1, 0.15) is 12.0 Å². The first-order valence-corrected chi connectivity index (χ1v) is 6.62. The van der Waals surface area contributed by atoms with Crippen molar-refractivity contribution in [1.82, 2.24) is 4.90 Å². The van der Waals surface area contributed by atoms with Crippen LogP contribution < -0.4 is 9.47 Å². The molecule has 1 aliphatic heterocycles. The van der Waals surface area contributed by atoms with Gasteiger partial charge in [0.15, 0.2) is 0 Å². The third kappa shape index (κ3) is 3.19. The summed E-state index contributed by atoms with van der Waals surface area (Å²) in [6.45, 7) is 2.20. The second-order valence-corrected chi connectivity index (χ2v) is 5.54. The van der Waals surface area contributed by atoms with Gasteiger partial charge in [-0.15, -0.1) is 0 Å². The van der Waals surface area contributed by atoms with Crippen LogP contribution in [0, 0.1) is 5.41 Å². The molecule has 106 valence electrons. The summed E-state index contributed by atoms with van der Waals surface area (Å²) in [5.41, 5.74) is 1.12. The van der Waals surface area contributed by atoms with Gasteiger partial charge in [0.05, 0.1) is 20.8 Å².